The summed E-state index contributed by atoms with van der Waals surface area (Å²) in [6, 6.07) is 8.00. The zero-order valence-electron chi connectivity index (χ0n) is 19.6. The maximum Gasteiger partial charge on any atom is 0.254 e. The fourth-order valence-electron chi connectivity index (χ4n) is 3.71. The Morgan fingerprint density at radius 2 is 1.77 bits per heavy atom. The number of halogens is 3. The van der Waals surface area contributed by atoms with Crippen LogP contribution < -0.4 is 0 Å². The summed E-state index contributed by atoms with van der Waals surface area (Å²) >= 11 is 0. The minimum Gasteiger partial charge on any atom is -0.446 e. The van der Waals surface area contributed by atoms with E-state index in [1.807, 2.05) is 6.92 Å². The minimum atomic E-state index is -1.22. The normalized spacial score (nSPS) is 12.1. The predicted molar refractivity (Wildman–Crippen MR) is 120 cm³/mol. The molecular weight excluding hydrogens is 461 g/mol. The van der Waals surface area contributed by atoms with Crippen LogP contribution in [0.4, 0.5) is 13.2 Å². The summed E-state index contributed by atoms with van der Waals surface area (Å²) in [4.78, 5) is 18.5. The third-order valence-electron chi connectivity index (χ3n) is 5.56. The summed E-state index contributed by atoms with van der Waals surface area (Å²) in [5, 5.41) is 7.82. The Hall–Kier alpha value is -3.95. The topological polar surface area (TPSA) is 85.3 Å². The predicted octanol–water partition coefficient (Wildman–Crippen LogP) is 5.38. The van der Waals surface area contributed by atoms with Crippen LogP contribution in [-0.2, 0) is 13.0 Å². The highest BCUT2D eigenvalue weighted by Gasteiger charge is 2.24. The van der Waals surface area contributed by atoms with Gasteiger partial charge in [0.1, 0.15) is 17.3 Å². The fourth-order valence-corrected chi connectivity index (χ4v) is 3.71. The number of benzene rings is 2. The smallest absolute Gasteiger partial charge is 0.254 e. The number of rotatable bonds is 7. The van der Waals surface area contributed by atoms with Crippen molar-refractivity contribution in [2.75, 3.05) is 7.05 Å². The lowest BCUT2D eigenvalue weighted by Crippen LogP contribution is -2.27. The van der Waals surface area contributed by atoms with Gasteiger partial charge in [-0.2, -0.15) is 0 Å². The average Bonchev–Trinajstić information content (AvgIpc) is 3.43. The van der Waals surface area contributed by atoms with Crippen molar-refractivity contribution in [1.29, 1.82) is 0 Å². The monoisotopic (exact) mass is 484 g/mol. The van der Waals surface area contributed by atoms with Crippen LogP contribution >= 0.6 is 0 Å². The van der Waals surface area contributed by atoms with Crippen LogP contribution in [0.15, 0.2) is 45.2 Å². The molecule has 7 nitrogen and oxygen atoms in total. The molecule has 0 bridgehead atoms. The van der Waals surface area contributed by atoms with Crippen LogP contribution in [0.25, 0.3) is 11.5 Å². The number of hydrogen-bond donors (Lipinski definition) is 0. The zero-order chi connectivity index (χ0) is 25.3. The Labute approximate surface area is 199 Å². The number of carbonyl (C=O) groups excluding carboxylic acids is 1. The van der Waals surface area contributed by atoms with Gasteiger partial charge in [0.2, 0.25) is 5.89 Å². The summed E-state index contributed by atoms with van der Waals surface area (Å²) in [6.45, 7) is 5.37. The van der Waals surface area contributed by atoms with Gasteiger partial charge in [-0.15, -0.1) is 10.2 Å². The van der Waals surface area contributed by atoms with Crippen molar-refractivity contribution in [3.63, 3.8) is 0 Å². The van der Waals surface area contributed by atoms with Gasteiger partial charge in [0.05, 0.1) is 12.1 Å². The number of carbonyl (C=O) groups is 1. The molecule has 0 aliphatic carbocycles. The second kappa shape index (κ2) is 9.73. The van der Waals surface area contributed by atoms with E-state index in [0.717, 1.165) is 11.6 Å². The molecule has 4 rings (SSSR count). The number of nitrogens with zero attached hydrogens (tertiary/aromatic N) is 4. The highest BCUT2D eigenvalue weighted by Crippen LogP contribution is 2.29. The molecule has 0 aliphatic rings. The van der Waals surface area contributed by atoms with Crippen LogP contribution in [-0.4, -0.2) is 33.0 Å². The SMILES string of the molecule is Cc1nc(CN(C)C(=O)c2cc(F)c(F)c(-c3nnc(C(C)Cc4ccc(F)cc4)o3)c2)c(C)o1. The molecule has 4 aromatic rings. The number of hydrogen-bond acceptors (Lipinski definition) is 6. The maximum atomic E-state index is 14.6. The quantitative estimate of drug-likeness (QED) is 0.350. The van der Waals surface area contributed by atoms with Crippen molar-refractivity contribution in [2.45, 2.75) is 39.7 Å². The Morgan fingerprint density at radius 1 is 1.06 bits per heavy atom. The van der Waals surface area contributed by atoms with Gasteiger partial charge in [0, 0.05) is 25.5 Å². The van der Waals surface area contributed by atoms with Crippen molar-refractivity contribution >= 4 is 5.91 Å². The first-order chi connectivity index (χ1) is 16.6. The lowest BCUT2D eigenvalue weighted by molar-refractivity contribution is 0.0782. The van der Waals surface area contributed by atoms with Crippen LogP contribution in [0.2, 0.25) is 0 Å². The van der Waals surface area contributed by atoms with E-state index in [1.165, 1.54) is 30.1 Å². The van der Waals surface area contributed by atoms with E-state index in [2.05, 4.69) is 15.2 Å². The van der Waals surface area contributed by atoms with E-state index in [0.29, 0.717) is 23.8 Å². The van der Waals surface area contributed by atoms with Crippen molar-refractivity contribution < 1.29 is 26.8 Å². The molecular formula is C25H23F3N4O3. The van der Waals surface area contributed by atoms with Gasteiger partial charge >= 0.3 is 0 Å². The number of aromatic nitrogens is 3. The standard InChI is InChI=1S/C25H23F3N4O3/c1-13(9-16-5-7-18(26)8-6-16)23-30-31-24(35-23)19-10-17(11-20(27)22(19)28)25(33)32(4)12-21-14(2)34-15(3)29-21/h5-8,10-11,13H,9,12H2,1-4H3. The largest absolute Gasteiger partial charge is 0.446 e. The first-order valence-corrected chi connectivity index (χ1v) is 10.9. The van der Waals surface area contributed by atoms with Crippen LogP contribution in [0.5, 0.6) is 0 Å². The summed E-state index contributed by atoms with van der Waals surface area (Å²) in [5.41, 5.74) is 1.02. The molecule has 0 fully saturated rings. The van der Waals surface area contributed by atoms with Gasteiger partial charge in [-0.05, 0) is 43.2 Å². The van der Waals surface area contributed by atoms with Crippen molar-refractivity contribution in [1.82, 2.24) is 20.1 Å². The molecule has 0 spiro atoms. The second-order valence-electron chi connectivity index (χ2n) is 8.39. The van der Waals surface area contributed by atoms with Crippen molar-refractivity contribution in [3.8, 4) is 11.5 Å². The van der Waals surface area contributed by atoms with Gasteiger partial charge < -0.3 is 13.7 Å². The van der Waals surface area contributed by atoms with Gasteiger partial charge in [-0.3, -0.25) is 4.79 Å². The van der Waals surface area contributed by atoms with Crippen molar-refractivity contribution in [2.24, 2.45) is 0 Å². The molecule has 1 amide bonds. The molecule has 35 heavy (non-hydrogen) atoms. The zero-order valence-corrected chi connectivity index (χ0v) is 19.6. The Balaban J connectivity index is 1.56. The second-order valence-corrected chi connectivity index (χ2v) is 8.39. The summed E-state index contributed by atoms with van der Waals surface area (Å²) in [7, 11) is 1.52. The molecule has 0 aliphatic heterocycles. The fraction of sp³-hybridized carbons (Fsp3) is 0.280. The lowest BCUT2D eigenvalue weighted by atomic mass is 10.0. The van der Waals surface area contributed by atoms with Gasteiger partial charge in [-0.25, -0.2) is 18.2 Å². The summed E-state index contributed by atoms with van der Waals surface area (Å²) < 4.78 is 53.2. The summed E-state index contributed by atoms with van der Waals surface area (Å²) in [6.07, 6.45) is 0.475. The van der Waals surface area contributed by atoms with Crippen LogP contribution in [0, 0.1) is 31.3 Å². The highest BCUT2D eigenvalue weighted by atomic mass is 19.2. The number of aryl methyl sites for hydroxylation is 2. The van der Waals surface area contributed by atoms with Gasteiger partial charge in [0.15, 0.2) is 17.5 Å². The Morgan fingerprint density at radius 3 is 2.43 bits per heavy atom. The van der Waals surface area contributed by atoms with Crippen LogP contribution in [0.3, 0.4) is 0 Å². The third kappa shape index (κ3) is 5.26. The summed E-state index contributed by atoms with van der Waals surface area (Å²) in [5.74, 6) is -2.58. The first kappa shape index (κ1) is 24.2. The molecule has 1 atom stereocenters. The molecule has 2 aromatic heterocycles. The van der Waals surface area contributed by atoms with Crippen LogP contribution in [0.1, 0.15) is 52.0 Å². The maximum absolute atomic E-state index is 14.6. The molecule has 2 aromatic carbocycles. The molecule has 1 unspecified atom stereocenters. The average molecular weight is 484 g/mol. The van der Waals surface area contributed by atoms with E-state index in [9.17, 15) is 18.0 Å². The molecule has 0 saturated heterocycles. The minimum absolute atomic E-state index is 0.0848. The molecule has 0 saturated carbocycles. The van der Waals surface area contributed by atoms with E-state index >= 15 is 0 Å². The number of oxazole rings is 1. The van der Waals surface area contributed by atoms with E-state index in [1.54, 1.807) is 26.0 Å². The molecule has 182 valence electrons. The highest BCUT2D eigenvalue weighted by molar-refractivity contribution is 5.95. The molecule has 0 N–H and O–H groups in total. The first-order valence-electron chi connectivity index (χ1n) is 10.9. The number of amides is 1. The Kier molecular flexibility index (Phi) is 6.72. The van der Waals surface area contributed by atoms with Gasteiger partial charge in [0.25, 0.3) is 11.8 Å². The lowest BCUT2D eigenvalue weighted by Gasteiger charge is -2.16. The molecule has 10 heteroatoms. The third-order valence-corrected chi connectivity index (χ3v) is 5.56. The molecule has 0 radical (unpaired) electrons. The van der Waals surface area contributed by atoms with Crippen molar-refractivity contribution in [3.05, 3.63) is 88.2 Å². The molecule has 2 heterocycles. The van der Waals surface area contributed by atoms with E-state index in [4.69, 9.17) is 8.83 Å². The van der Waals surface area contributed by atoms with E-state index in [-0.39, 0.29) is 41.2 Å². The Bertz CT molecular complexity index is 1370. The van der Waals surface area contributed by atoms with Gasteiger partial charge in [-0.1, -0.05) is 19.1 Å². The van der Waals surface area contributed by atoms with E-state index < -0.39 is 17.5 Å².